The van der Waals surface area contributed by atoms with E-state index in [1.165, 1.54) is 0 Å². The van der Waals surface area contributed by atoms with Crippen molar-refractivity contribution in [2.24, 2.45) is 38.6 Å². The van der Waals surface area contributed by atoms with Crippen LogP contribution >= 0.6 is 0 Å². The normalized spacial score (nSPS) is 37.9. The molecule has 4 aliphatic rings. The number of anilines is 1. The highest BCUT2D eigenvalue weighted by Crippen LogP contribution is 2.73. The van der Waals surface area contributed by atoms with Crippen LogP contribution in [0, 0.1) is 53.7 Å². The fourth-order valence-corrected chi connectivity index (χ4v) is 9.10. The largest absolute Gasteiger partial charge is 0.550 e. The van der Waals surface area contributed by atoms with Gasteiger partial charge in [-0.3, -0.25) is 20.2 Å². The van der Waals surface area contributed by atoms with Crippen molar-refractivity contribution in [2.45, 2.75) is 78.6 Å². The molecule has 210 valence electrons. The quantitative estimate of drug-likeness (QED) is 0.406. The van der Waals surface area contributed by atoms with Crippen LogP contribution in [0.3, 0.4) is 0 Å². The van der Waals surface area contributed by atoms with E-state index in [-0.39, 0.29) is 27.9 Å². The van der Waals surface area contributed by atoms with Gasteiger partial charge < -0.3 is 15.2 Å². The third kappa shape index (κ3) is 4.15. The maximum Gasteiger partial charge on any atom is 0.339 e. The summed E-state index contributed by atoms with van der Waals surface area (Å²) in [6.07, 6.45) is 7.80. The first-order valence-corrected chi connectivity index (χ1v) is 13.5. The van der Waals surface area contributed by atoms with E-state index >= 15 is 0 Å². The molecule has 5 rings (SSSR count). The molecule has 4 aliphatic carbocycles. The lowest BCUT2D eigenvalue weighted by Gasteiger charge is -2.64. The lowest BCUT2D eigenvalue weighted by Crippen LogP contribution is -2.60. The highest BCUT2D eigenvalue weighted by atomic mass is 16.6. The minimum Gasteiger partial charge on any atom is -0.550 e. The molecule has 39 heavy (non-hydrogen) atoms. The standard InChI is InChI=1S/C27H35N5O7/c1-24-11-7-20-25(2)9-4-10-26(3,22(33)34)19(25)8-12-27(20,15-24)14-21(24)29-30-23(35)28-17-6-5-16(31(36)37)13-18(17)32(38)39/h5-6,13,19-20H,4,7-12,14-15H2,1-3H3,(H,33,34)(H2,28,30,35)/p-1/b29-21+/t19-,20-,24-,25+,26+,27-/m0/s1. The van der Waals surface area contributed by atoms with Crippen LogP contribution in [0.15, 0.2) is 23.3 Å². The first-order chi connectivity index (χ1) is 18.2. The molecule has 2 N–H and O–H groups in total. The Labute approximate surface area is 225 Å². The van der Waals surface area contributed by atoms with Gasteiger partial charge in [0.25, 0.3) is 11.4 Å². The molecule has 0 aromatic heterocycles. The Bertz CT molecular complexity index is 1300. The summed E-state index contributed by atoms with van der Waals surface area (Å²) in [6, 6.07) is 2.24. The second-order valence-corrected chi connectivity index (χ2v) is 12.9. The number of hydrazone groups is 1. The number of hydrogen-bond donors (Lipinski definition) is 2. The summed E-state index contributed by atoms with van der Waals surface area (Å²) < 4.78 is 0. The van der Waals surface area contributed by atoms with Gasteiger partial charge in [-0.25, -0.2) is 10.2 Å². The zero-order chi connectivity index (χ0) is 28.4. The molecule has 0 aliphatic heterocycles. The first kappa shape index (κ1) is 27.0. The number of aliphatic carboxylic acids is 1. The van der Waals surface area contributed by atoms with Crippen LogP contribution in [-0.4, -0.2) is 27.6 Å². The maximum absolute atomic E-state index is 12.7. The number of benzene rings is 1. The molecule has 0 radical (unpaired) electrons. The summed E-state index contributed by atoms with van der Waals surface area (Å²) in [4.78, 5) is 45.7. The van der Waals surface area contributed by atoms with Crippen LogP contribution in [-0.2, 0) is 4.79 Å². The van der Waals surface area contributed by atoms with Gasteiger partial charge in [-0.1, -0.05) is 27.2 Å². The van der Waals surface area contributed by atoms with Crippen molar-refractivity contribution in [3.8, 4) is 0 Å². The van der Waals surface area contributed by atoms with Gasteiger partial charge in [0, 0.05) is 28.6 Å². The molecular formula is C27H34N5O7-. The minimum atomic E-state index is -0.938. The molecule has 2 amide bonds. The average molecular weight is 541 g/mol. The van der Waals surface area contributed by atoms with Crippen molar-refractivity contribution in [1.29, 1.82) is 0 Å². The lowest BCUT2D eigenvalue weighted by atomic mass is 9.40. The number of rotatable bonds is 5. The fraction of sp³-hybridized carbons (Fsp3) is 0.667. The van der Waals surface area contributed by atoms with E-state index in [9.17, 15) is 34.9 Å². The fourth-order valence-electron chi connectivity index (χ4n) is 9.10. The van der Waals surface area contributed by atoms with Crippen LogP contribution in [0.2, 0.25) is 0 Å². The summed E-state index contributed by atoms with van der Waals surface area (Å²) in [6.45, 7) is 6.32. The van der Waals surface area contributed by atoms with Crippen LogP contribution in [0.4, 0.5) is 21.9 Å². The van der Waals surface area contributed by atoms with E-state index in [2.05, 4.69) is 29.7 Å². The molecule has 4 saturated carbocycles. The molecule has 2 bridgehead atoms. The van der Waals surface area contributed by atoms with Crippen molar-refractivity contribution in [3.05, 3.63) is 38.4 Å². The predicted octanol–water partition coefficient (Wildman–Crippen LogP) is 4.53. The molecule has 1 aromatic carbocycles. The number of fused-ring (bicyclic) bond motifs is 3. The van der Waals surface area contributed by atoms with Gasteiger partial charge in [-0.05, 0) is 80.1 Å². The summed E-state index contributed by atoms with van der Waals surface area (Å²) in [5, 5.41) is 41.5. The number of non-ortho nitro benzene ring substituents is 1. The lowest BCUT2D eigenvalue weighted by molar-refractivity contribution is -0.393. The number of carboxylic acids is 1. The Morgan fingerprint density at radius 3 is 2.38 bits per heavy atom. The second-order valence-electron chi connectivity index (χ2n) is 12.9. The molecule has 4 fully saturated rings. The number of urea groups is 1. The monoisotopic (exact) mass is 540 g/mol. The summed E-state index contributed by atoms with van der Waals surface area (Å²) >= 11 is 0. The SMILES string of the molecule is C[C@@]12CC[C@@H]3[C@@](CC[C@H]4[C@@]3(C)CCC[C@@]4(C)C(=O)[O-])(C/C1=N\NC(=O)Nc1ccc([N+](=O)[O-])cc1[N+](=O)[O-])C2. The van der Waals surface area contributed by atoms with Gasteiger partial charge in [0.05, 0.1) is 15.9 Å². The maximum atomic E-state index is 12.7. The van der Waals surface area contributed by atoms with Crippen molar-refractivity contribution < 1.29 is 24.5 Å². The number of nitrogens with zero attached hydrogens (tertiary/aromatic N) is 3. The Morgan fingerprint density at radius 1 is 1.00 bits per heavy atom. The van der Waals surface area contributed by atoms with E-state index < -0.39 is 38.6 Å². The van der Waals surface area contributed by atoms with E-state index in [0.29, 0.717) is 12.3 Å². The third-order valence-corrected chi connectivity index (χ3v) is 10.8. The van der Waals surface area contributed by atoms with Gasteiger partial charge in [0.15, 0.2) is 0 Å². The van der Waals surface area contributed by atoms with Crippen molar-refractivity contribution in [3.63, 3.8) is 0 Å². The number of carbonyl (C=O) groups is 2. The van der Waals surface area contributed by atoms with E-state index in [0.717, 1.165) is 75.3 Å². The summed E-state index contributed by atoms with van der Waals surface area (Å²) in [5.41, 5.74) is 1.07. The first-order valence-electron chi connectivity index (χ1n) is 13.5. The molecular weight excluding hydrogens is 506 g/mol. The second kappa shape index (κ2) is 8.99. The molecule has 0 heterocycles. The molecule has 1 aromatic rings. The third-order valence-electron chi connectivity index (χ3n) is 10.8. The number of nitro benzene ring substituents is 2. The number of carboxylic acid groups (broad SMARTS) is 1. The number of nitro groups is 2. The van der Waals surface area contributed by atoms with E-state index in [4.69, 9.17) is 0 Å². The number of carbonyl (C=O) groups excluding carboxylic acids is 2. The molecule has 1 spiro atoms. The molecule has 12 nitrogen and oxygen atoms in total. The van der Waals surface area contributed by atoms with Gasteiger partial charge in [0.2, 0.25) is 0 Å². The number of hydrogen-bond acceptors (Lipinski definition) is 8. The van der Waals surface area contributed by atoms with E-state index in [1.54, 1.807) is 0 Å². The number of amides is 2. The molecule has 6 atom stereocenters. The highest BCUT2D eigenvalue weighted by molar-refractivity contribution is 5.96. The Balaban J connectivity index is 1.35. The van der Waals surface area contributed by atoms with Crippen molar-refractivity contribution in [2.75, 3.05) is 5.32 Å². The summed E-state index contributed by atoms with van der Waals surface area (Å²) in [5.74, 6) is -0.502. The van der Waals surface area contributed by atoms with Crippen molar-refractivity contribution in [1.82, 2.24) is 5.43 Å². The number of nitrogens with one attached hydrogen (secondary N) is 2. The van der Waals surface area contributed by atoms with Crippen LogP contribution in [0.25, 0.3) is 0 Å². The van der Waals surface area contributed by atoms with Gasteiger partial charge >= 0.3 is 6.03 Å². The Kier molecular flexibility index (Phi) is 6.23. The van der Waals surface area contributed by atoms with Crippen LogP contribution in [0.1, 0.15) is 78.6 Å². The molecule has 12 heteroatoms. The molecule has 0 saturated heterocycles. The van der Waals surface area contributed by atoms with Gasteiger partial charge in [-0.2, -0.15) is 5.10 Å². The van der Waals surface area contributed by atoms with Gasteiger partial charge in [0.1, 0.15) is 5.69 Å². The van der Waals surface area contributed by atoms with Crippen molar-refractivity contribution >= 4 is 34.8 Å². The van der Waals surface area contributed by atoms with Crippen LogP contribution in [0.5, 0.6) is 0 Å². The highest BCUT2D eigenvalue weighted by Gasteiger charge is 2.66. The minimum absolute atomic E-state index is 0.00340. The predicted molar refractivity (Wildman–Crippen MR) is 140 cm³/mol. The van der Waals surface area contributed by atoms with Gasteiger partial charge in [-0.15, -0.1) is 0 Å². The Hall–Kier alpha value is -3.57. The molecule has 0 unspecified atom stereocenters. The topological polar surface area (TPSA) is 180 Å². The smallest absolute Gasteiger partial charge is 0.339 e. The zero-order valence-corrected chi connectivity index (χ0v) is 22.5. The Morgan fingerprint density at radius 2 is 1.72 bits per heavy atom. The average Bonchev–Trinajstić information content (AvgIpc) is 3.06. The summed E-state index contributed by atoms with van der Waals surface area (Å²) in [7, 11) is 0. The zero-order valence-electron chi connectivity index (χ0n) is 22.5. The van der Waals surface area contributed by atoms with E-state index in [1.807, 2.05) is 6.92 Å². The van der Waals surface area contributed by atoms with Crippen LogP contribution < -0.4 is 15.8 Å².